The minimum absolute atomic E-state index is 0.157. The van der Waals surface area contributed by atoms with Crippen LogP contribution in [-0.4, -0.2) is 27.5 Å². The third-order valence-corrected chi connectivity index (χ3v) is 3.78. The zero-order valence-corrected chi connectivity index (χ0v) is 12.8. The Bertz CT molecular complexity index is 534. The molecule has 0 saturated heterocycles. The van der Waals surface area contributed by atoms with Crippen LogP contribution >= 0.6 is 22.6 Å². The lowest BCUT2D eigenvalue weighted by molar-refractivity contribution is 0.358. The smallest absolute Gasteiger partial charge is 0.208 e. The molecule has 98 valence electrons. The maximum Gasteiger partial charge on any atom is 0.208 e. The number of anilines is 1. The lowest BCUT2D eigenvalue weighted by Crippen LogP contribution is -2.26. The zero-order chi connectivity index (χ0) is 13.2. The second-order valence-corrected chi connectivity index (χ2v) is 6.26. The molecule has 0 fully saturated rings. The molecule has 3 N–H and O–H groups in total. The van der Waals surface area contributed by atoms with Gasteiger partial charge < -0.3 is 11.1 Å². The Balaban J connectivity index is 2.09. The van der Waals surface area contributed by atoms with Crippen molar-refractivity contribution in [1.82, 2.24) is 14.4 Å². The van der Waals surface area contributed by atoms with E-state index >= 15 is 0 Å². The second-order valence-electron chi connectivity index (χ2n) is 5.10. The van der Waals surface area contributed by atoms with Crippen molar-refractivity contribution in [1.29, 1.82) is 0 Å². The monoisotopic (exact) mass is 359 g/mol. The number of halogens is 1. The summed E-state index contributed by atoms with van der Waals surface area (Å²) in [6, 6.07) is 0. The Morgan fingerprint density at radius 2 is 2.22 bits per heavy atom. The van der Waals surface area contributed by atoms with Crippen LogP contribution in [0.1, 0.15) is 20.3 Å². The number of hydrogen-bond acceptors (Lipinski definition) is 4. The first kappa shape index (κ1) is 13.5. The van der Waals surface area contributed by atoms with E-state index in [0.717, 1.165) is 28.1 Å². The number of nitrogens with one attached hydrogen (secondary N) is 1. The lowest BCUT2D eigenvalue weighted by Gasteiger charge is -2.22. The summed E-state index contributed by atoms with van der Waals surface area (Å²) in [7, 11) is 0. The highest BCUT2D eigenvalue weighted by atomic mass is 127. The fourth-order valence-corrected chi connectivity index (χ4v) is 2.17. The van der Waals surface area contributed by atoms with Crippen LogP contribution in [0.4, 0.5) is 5.95 Å². The number of rotatable bonds is 5. The van der Waals surface area contributed by atoms with Crippen LogP contribution in [0.15, 0.2) is 18.6 Å². The quantitative estimate of drug-likeness (QED) is 0.803. The van der Waals surface area contributed by atoms with Crippen molar-refractivity contribution in [3.05, 3.63) is 22.2 Å². The standard InChI is InChI=1S/C12H18IN5/c1-12(2,8-14)3-4-16-11-17-7-9(13)10-15-5-6-18(10)11/h5-7H,3-4,8,14H2,1-2H3,(H,16,17). The van der Waals surface area contributed by atoms with Crippen molar-refractivity contribution < 1.29 is 0 Å². The molecule has 2 aromatic heterocycles. The first-order valence-electron chi connectivity index (χ1n) is 5.95. The molecule has 2 aromatic rings. The Morgan fingerprint density at radius 3 is 2.94 bits per heavy atom. The van der Waals surface area contributed by atoms with Gasteiger partial charge in [0.25, 0.3) is 0 Å². The van der Waals surface area contributed by atoms with Gasteiger partial charge in [-0.2, -0.15) is 0 Å². The van der Waals surface area contributed by atoms with Crippen molar-refractivity contribution >= 4 is 34.2 Å². The van der Waals surface area contributed by atoms with Gasteiger partial charge in [0, 0.05) is 25.1 Å². The Labute approximate surface area is 120 Å². The number of nitrogens with two attached hydrogens (primary N) is 1. The topological polar surface area (TPSA) is 68.2 Å². The molecule has 0 amide bonds. The third kappa shape index (κ3) is 2.92. The molecular weight excluding hydrogens is 341 g/mol. The number of hydrogen-bond donors (Lipinski definition) is 2. The first-order valence-corrected chi connectivity index (χ1v) is 7.03. The molecule has 0 bridgehead atoms. The maximum atomic E-state index is 5.72. The van der Waals surface area contributed by atoms with E-state index in [9.17, 15) is 0 Å². The Kier molecular flexibility index (Phi) is 4.06. The number of imidazole rings is 1. The SMILES string of the molecule is CC(C)(CN)CCNc1ncc(I)c2nccn12. The molecular formula is C12H18IN5. The highest BCUT2D eigenvalue weighted by molar-refractivity contribution is 14.1. The summed E-state index contributed by atoms with van der Waals surface area (Å²) in [4.78, 5) is 8.70. The van der Waals surface area contributed by atoms with Gasteiger partial charge in [-0.1, -0.05) is 13.8 Å². The highest BCUT2D eigenvalue weighted by Crippen LogP contribution is 2.19. The summed E-state index contributed by atoms with van der Waals surface area (Å²) >= 11 is 2.24. The van der Waals surface area contributed by atoms with Gasteiger partial charge in [-0.05, 0) is 41.0 Å². The Morgan fingerprint density at radius 1 is 1.44 bits per heavy atom. The van der Waals surface area contributed by atoms with Crippen LogP contribution in [0.3, 0.4) is 0 Å². The van der Waals surface area contributed by atoms with E-state index in [2.05, 4.69) is 51.7 Å². The van der Waals surface area contributed by atoms with Gasteiger partial charge in [-0.3, -0.25) is 4.40 Å². The molecule has 0 aromatic carbocycles. The van der Waals surface area contributed by atoms with E-state index in [-0.39, 0.29) is 5.41 Å². The van der Waals surface area contributed by atoms with Crippen LogP contribution < -0.4 is 11.1 Å². The lowest BCUT2D eigenvalue weighted by atomic mass is 9.90. The van der Waals surface area contributed by atoms with Gasteiger partial charge >= 0.3 is 0 Å². The molecule has 0 saturated carbocycles. The fraction of sp³-hybridized carbons (Fsp3) is 0.500. The predicted molar refractivity (Wildman–Crippen MR) is 81.6 cm³/mol. The number of fused-ring (bicyclic) bond motifs is 1. The fourth-order valence-electron chi connectivity index (χ4n) is 1.63. The highest BCUT2D eigenvalue weighted by Gasteiger charge is 2.15. The van der Waals surface area contributed by atoms with Crippen LogP contribution in [0, 0.1) is 8.99 Å². The van der Waals surface area contributed by atoms with Crippen molar-refractivity contribution in [2.45, 2.75) is 20.3 Å². The summed E-state index contributed by atoms with van der Waals surface area (Å²) in [5.74, 6) is 0.829. The molecule has 6 heteroatoms. The normalized spacial score (nSPS) is 12.0. The van der Waals surface area contributed by atoms with E-state index in [1.807, 2.05) is 16.8 Å². The molecule has 2 rings (SSSR count). The molecule has 0 spiro atoms. The largest absolute Gasteiger partial charge is 0.355 e. The van der Waals surface area contributed by atoms with Crippen LogP contribution in [-0.2, 0) is 0 Å². The van der Waals surface area contributed by atoms with Gasteiger partial charge in [-0.15, -0.1) is 0 Å². The van der Waals surface area contributed by atoms with E-state index < -0.39 is 0 Å². The van der Waals surface area contributed by atoms with Gasteiger partial charge in [0.2, 0.25) is 5.95 Å². The maximum absolute atomic E-state index is 5.72. The molecule has 0 aliphatic carbocycles. The summed E-state index contributed by atoms with van der Waals surface area (Å²) in [6.07, 6.45) is 6.54. The van der Waals surface area contributed by atoms with E-state index in [1.54, 1.807) is 6.20 Å². The average molecular weight is 359 g/mol. The summed E-state index contributed by atoms with van der Waals surface area (Å²) in [5, 5.41) is 3.34. The van der Waals surface area contributed by atoms with Crippen LogP contribution in [0.2, 0.25) is 0 Å². The molecule has 18 heavy (non-hydrogen) atoms. The molecule has 0 aliphatic heterocycles. The molecule has 0 unspecified atom stereocenters. The minimum Gasteiger partial charge on any atom is -0.355 e. The van der Waals surface area contributed by atoms with Gasteiger partial charge in [0.1, 0.15) is 0 Å². The van der Waals surface area contributed by atoms with E-state index in [0.29, 0.717) is 6.54 Å². The minimum atomic E-state index is 0.157. The van der Waals surface area contributed by atoms with Crippen molar-refractivity contribution in [3.8, 4) is 0 Å². The summed E-state index contributed by atoms with van der Waals surface area (Å²) < 4.78 is 3.02. The summed E-state index contributed by atoms with van der Waals surface area (Å²) in [6.45, 7) is 5.88. The second kappa shape index (κ2) is 5.40. The molecule has 0 radical (unpaired) electrons. The summed E-state index contributed by atoms with van der Waals surface area (Å²) in [5.41, 5.74) is 6.81. The third-order valence-electron chi connectivity index (χ3n) is 3.02. The number of aromatic nitrogens is 3. The van der Waals surface area contributed by atoms with Crippen LogP contribution in [0.25, 0.3) is 5.65 Å². The van der Waals surface area contributed by atoms with Crippen molar-refractivity contribution in [2.75, 3.05) is 18.4 Å². The molecule has 0 atom stereocenters. The van der Waals surface area contributed by atoms with Crippen LogP contribution in [0.5, 0.6) is 0 Å². The van der Waals surface area contributed by atoms with Gasteiger partial charge in [0.05, 0.1) is 3.57 Å². The number of nitrogens with zero attached hydrogens (tertiary/aromatic N) is 3. The zero-order valence-electron chi connectivity index (χ0n) is 10.7. The van der Waals surface area contributed by atoms with Crippen molar-refractivity contribution in [3.63, 3.8) is 0 Å². The van der Waals surface area contributed by atoms with E-state index in [1.165, 1.54) is 0 Å². The van der Waals surface area contributed by atoms with Gasteiger partial charge in [0.15, 0.2) is 5.65 Å². The molecule has 0 aliphatic rings. The molecule has 2 heterocycles. The average Bonchev–Trinajstić information content (AvgIpc) is 2.82. The predicted octanol–water partition coefficient (Wildman–Crippen LogP) is 2.12. The van der Waals surface area contributed by atoms with E-state index in [4.69, 9.17) is 5.73 Å². The van der Waals surface area contributed by atoms with Crippen molar-refractivity contribution in [2.24, 2.45) is 11.1 Å². The Hall–Kier alpha value is -0.890. The van der Waals surface area contributed by atoms with Gasteiger partial charge in [-0.25, -0.2) is 9.97 Å². The first-order chi connectivity index (χ1) is 8.53. The molecule has 5 nitrogen and oxygen atoms in total.